The van der Waals surface area contributed by atoms with Crippen LogP contribution in [0.4, 0.5) is 5.69 Å². The molecule has 0 saturated heterocycles. The molecule has 0 saturated carbocycles. The van der Waals surface area contributed by atoms with Gasteiger partial charge in [0.05, 0.1) is 11.4 Å². The maximum absolute atomic E-state index is 12.2. The number of rotatable bonds is 3. The van der Waals surface area contributed by atoms with Crippen LogP contribution in [0.15, 0.2) is 35.4 Å². The number of nitrogens with one attached hydrogen (secondary N) is 1. The van der Waals surface area contributed by atoms with E-state index in [-0.39, 0.29) is 5.71 Å². The molecule has 6 heteroatoms. The third-order valence-corrected chi connectivity index (χ3v) is 2.86. The summed E-state index contributed by atoms with van der Waals surface area (Å²) in [5.74, 6) is -0.553. The number of aryl methyl sites for hydroxylation is 3. The first-order valence-electron chi connectivity index (χ1n) is 6.39. The lowest BCUT2D eigenvalue weighted by Gasteiger charge is -2.03. The largest absolute Gasteiger partial charge is 0.309 e. The molecule has 0 unspecified atom stereocenters. The maximum atomic E-state index is 12.2. The van der Waals surface area contributed by atoms with E-state index in [0.717, 1.165) is 5.56 Å². The van der Waals surface area contributed by atoms with E-state index in [9.17, 15) is 4.79 Å². The molecule has 1 aromatic carbocycles. The number of hydrazone groups is 1. The van der Waals surface area contributed by atoms with Gasteiger partial charge in [-0.1, -0.05) is 17.7 Å². The lowest BCUT2D eigenvalue weighted by molar-refractivity contribution is 0.0974. The molecule has 1 aromatic heterocycles. The summed E-state index contributed by atoms with van der Waals surface area (Å²) in [5, 5.41) is 17.0. The van der Waals surface area contributed by atoms with Crippen LogP contribution < -0.4 is 5.43 Å². The Labute approximate surface area is 122 Å². The average Bonchev–Trinajstić information content (AvgIpc) is 2.80. The second-order valence-electron chi connectivity index (χ2n) is 4.69. The highest BCUT2D eigenvalue weighted by molar-refractivity contribution is 6.45. The Hall–Kier alpha value is -2.94. The Morgan fingerprint density at radius 3 is 2.48 bits per heavy atom. The Morgan fingerprint density at radius 1 is 1.29 bits per heavy atom. The van der Waals surface area contributed by atoms with Gasteiger partial charge in [-0.2, -0.15) is 20.1 Å². The van der Waals surface area contributed by atoms with Crippen molar-refractivity contribution in [1.82, 2.24) is 9.78 Å². The fraction of sp³-hybridized carbons (Fsp3) is 0.200. The zero-order valence-electron chi connectivity index (χ0n) is 12.1. The van der Waals surface area contributed by atoms with Crippen molar-refractivity contribution < 1.29 is 4.79 Å². The van der Waals surface area contributed by atoms with Crippen LogP contribution in [0, 0.1) is 32.1 Å². The van der Waals surface area contributed by atoms with Crippen LogP contribution >= 0.6 is 0 Å². The van der Waals surface area contributed by atoms with Gasteiger partial charge in [0.25, 0.3) is 0 Å². The minimum Gasteiger partial charge on any atom is -0.277 e. The molecule has 2 aromatic rings. The molecule has 0 bridgehead atoms. The molecule has 21 heavy (non-hydrogen) atoms. The molecule has 1 heterocycles. The van der Waals surface area contributed by atoms with E-state index in [0.29, 0.717) is 17.1 Å². The average molecular weight is 281 g/mol. The number of aromatic nitrogens is 2. The van der Waals surface area contributed by atoms with Gasteiger partial charge in [-0.25, -0.2) is 0 Å². The molecule has 0 amide bonds. The fourth-order valence-electron chi connectivity index (χ4n) is 1.80. The number of hydrogen-bond acceptors (Lipinski definition) is 5. The van der Waals surface area contributed by atoms with Crippen molar-refractivity contribution >= 4 is 17.3 Å². The Morgan fingerprint density at radius 2 is 1.95 bits per heavy atom. The van der Waals surface area contributed by atoms with Gasteiger partial charge >= 0.3 is 5.91 Å². The van der Waals surface area contributed by atoms with Crippen molar-refractivity contribution in [2.24, 2.45) is 5.10 Å². The zero-order valence-corrected chi connectivity index (χ0v) is 12.1. The summed E-state index contributed by atoms with van der Waals surface area (Å²) < 4.78 is 1.17. The maximum Gasteiger partial charge on any atom is 0.309 e. The minimum atomic E-state index is -0.553. The van der Waals surface area contributed by atoms with Gasteiger partial charge < -0.3 is 0 Å². The SMILES string of the molecule is Cc1ccc(N/N=C(\C#N)C(=O)n2nc(C)cc2C)cc1. The van der Waals surface area contributed by atoms with E-state index in [1.165, 1.54) is 4.68 Å². The molecule has 0 aliphatic carbocycles. The lowest BCUT2D eigenvalue weighted by atomic mass is 10.2. The van der Waals surface area contributed by atoms with Crippen molar-refractivity contribution in [1.29, 1.82) is 5.26 Å². The summed E-state index contributed by atoms with van der Waals surface area (Å²) in [4.78, 5) is 12.2. The van der Waals surface area contributed by atoms with E-state index >= 15 is 0 Å². The number of nitrogens with zero attached hydrogens (tertiary/aromatic N) is 4. The van der Waals surface area contributed by atoms with Crippen LogP contribution in [-0.4, -0.2) is 21.4 Å². The van der Waals surface area contributed by atoms with Crippen molar-refractivity contribution in [3.63, 3.8) is 0 Å². The molecule has 0 fully saturated rings. The van der Waals surface area contributed by atoms with Gasteiger partial charge in [-0.3, -0.25) is 10.2 Å². The normalized spacial score (nSPS) is 11.0. The molecule has 0 aliphatic heterocycles. The first-order chi connectivity index (χ1) is 10.0. The molecular weight excluding hydrogens is 266 g/mol. The van der Waals surface area contributed by atoms with Gasteiger partial charge in [0, 0.05) is 5.69 Å². The monoisotopic (exact) mass is 281 g/mol. The third kappa shape index (κ3) is 3.34. The smallest absolute Gasteiger partial charge is 0.277 e. The van der Waals surface area contributed by atoms with Crippen molar-refractivity contribution in [3.8, 4) is 6.07 Å². The summed E-state index contributed by atoms with van der Waals surface area (Å²) in [7, 11) is 0. The zero-order chi connectivity index (χ0) is 15.4. The van der Waals surface area contributed by atoms with Gasteiger partial charge in [0.2, 0.25) is 5.71 Å². The van der Waals surface area contributed by atoms with Crippen LogP contribution in [0.25, 0.3) is 0 Å². The predicted octanol–water partition coefficient (Wildman–Crippen LogP) is 2.44. The molecule has 0 aliphatic rings. The van der Waals surface area contributed by atoms with Crippen LogP contribution in [-0.2, 0) is 0 Å². The topological polar surface area (TPSA) is 83.1 Å². The number of benzene rings is 1. The predicted molar refractivity (Wildman–Crippen MR) is 80.2 cm³/mol. The standard InChI is InChI=1S/C15H15N5O/c1-10-4-6-13(7-5-10)17-18-14(9-16)15(21)20-12(3)8-11(2)19-20/h4-8,17H,1-3H3/b18-14+. The Bertz CT molecular complexity index is 734. The van der Waals surface area contributed by atoms with Crippen LogP contribution in [0.2, 0.25) is 0 Å². The van der Waals surface area contributed by atoms with E-state index in [1.54, 1.807) is 26.0 Å². The number of hydrogen-bond donors (Lipinski definition) is 1. The summed E-state index contributed by atoms with van der Waals surface area (Å²) in [6.45, 7) is 5.50. The van der Waals surface area contributed by atoms with Crippen molar-refractivity contribution in [3.05, 3.63) is 47.3 Å². The molecule has 6 nitrogen and oxygen atoms in total. The Kier molecular flexibility index (Phi) is 4.14. The van der Waals surface area contributed by atoms with Crippen LogP contribution in [0.5, 0.6) is 0 Å². The minimum absolute atomic E-state index is 0.248. The molecular formula is C15H15N5O. The molecule has 2 rings (SSSR count). The molecule has 0 atom stereocenters. The number of carbonyl (C=O) groups is 1. The van der Waals surface area contributed by atoms with Gasteiger partial charge in [0.15, 0.2) is 0 Å². The molecule has 0 spiro atoms. The Balaban J connectivity index is 2.21. The van der Waals surface area contributed by atoms with Crippen molar-refractivity contribution in [2.75, 3.05) is 5.43 Å². The molecule has 106 valence electrons. The number of anilines is 1. The van der Waals surface area contributed by atoms with E-state index in [2.05, 4.69) is 15.6 Å². The van der Waals surface area contributed by atoms with Crippen LogP contribution in [0.1, 0.15) is 21.7 Å². The molecule has 1 N–H and O–H groups in total. The van der Waals surface area contributed by atoms with Crippen molar-refractivity contribution in [2.45, 2.75) is 20.8 Å². The fourth-order valence-corrected chi connectivity index (χ4v) is 1.80. The third-order valence-electron chi connectivity index (χ3n) is 2.86. The first kappa shape index (κ1) is 14.5. The number of carbonyl (C=O) groups excluding carboxylic acids is 1. The second-order valence-corrected chi connectivity index (χ2v) is 4.69. The van der Waals surface area contributed by atoms with E-state index in [1.807, 2.05) is 31.2 Å². The highest BCUT2D eigenvalue weighted by Crippen LogP contribution is 2.08. The number of nitriles is 1. The van der Waals surface area contributed by atoms with E-state index in [4.69, 9.17) is 5.26 Å². The highest BCUT2D eigenvalue weighted by atomic mass is 16.2. The summed E-state index contributed by atoms with van der Waals surface area (Å²) in [6.07, 6.45) is 0. The van der Waals surface area contributed by atoms with Gasteiger partial charge in [0.1, 0.15) is 6.07 Å². The first-order valence-corrected chi connectivity index (χ1v) is 6.39. The quantitative estimate of drug-likeness (QED) is 0.692. The van der Waals surface area contributed by atoms with E-state index < -0.39 is 5.91 Å². The summed E-state index contributed by atoms with van der Waals surface area (Å²) >= 11 is 0. The molecule has 0 radical (unpaired) electrons. The van der Waals surface area contributed by atoms with Crippen LogP contribution in [0.3, 0.4) is 0 Å². The second kappa shape index (κ2) is 6.01. The summed E-state index contributed by atoms with van der Waals surface area (Å²) in [5.41, 5.74) is 5.65. The van der Waals surface area contributed by atoms with Gasteiger partial charge in [-0.05, 0) is 39.0 Å². The highest BCUT2D eigenvalue weighted by Gasteiger charge is 2.17. The lowest BCUT2D eigenvalue weighted by Crippen LogP contribution is -2.23. The summed E-state index contributed by atoms with van der Waals surface area (Å²) in [6, 6.07) is 11.0. The van der Waals surface area contributed by atoms with Gasteiger partial charge in [-0.15, -0.1) is 0 Å².